The number of nitrogens with zero attached hydrogens (tertiary/aromatic N) is 1. The maximum absolute atomic E-state index is 5.21. The highest BCUT2D eigenvalue weighted by Gasteiger charge is 2.08. The number of nitrogens with one attached hydrogen (secondary N) is 1. The number of methoxy groups -OCH3 is 1. The first-order chi connectivity index (χ1) is 9.15. The molecule has 0 atom stereocenters. The van der Waals surface area contributed by atoms with Crippen LogP contribution in [-0.4, -0.2) is 18.6 Å². The van der Waals surface area contributed by atoms with Gasteiger partial charge < -0.3 is 10.1 Å². The highest BCUT2D eigenvalue weighted by atomic mass is 16.5. The van der Waals surface area contributed by atoms with E-state index in [2.05, 4.69) is 44.3 Å². The van der Waals surface area contributed by atoms with Crippen molar-refractivity contribution in [2.24, 2.45) is 0 Å². The lowest BCUT2D eigenvalue weighted by Gasteiger charge is -2.14. The number of fused-ring (bicyclic) bond motifs is 1. The van der Waals surface area contributed by atoms with Gasteiger partial charge in [-0.25, -0.2) is 0 Å². The van der Waals surface area contributed by atoms with Crippen molar-refractivity contribution in [2.75, 3.05) is 19.0 Å². The SMILES string of the molecule is CCCNc1cc(COC)nc2cc(C)cc(C)c12. The Hall–Kier alpha value is -1.61. The average Bonchev–Trinajstić information content (AvgIpc) is 2.35. The Morgan fingerprint density at radius 3 is 2.68 bits per heavy atom. The highest BCUT2D eigenvalue weighted by molar-refractivity contribution is 5.94. The third-order valence-electron chi connectivity index (χ3n) is 3.16. The summed E-state index contributed by atoms with van der Waals surface area (Å²) in [6.45, 7) is 7.94. The molecule has 1 aromatic heterocycles. The lowest BCUT2D eigenvalue weighted by Crippen LogP contribution is -2.04. The topological polar surface area (TPSA) is 34.1 Å². The van der Waals surface area contributed by atoms with Crippen molar-refractivity contribution in [3.63, 3.8) is 0 Å². The standard InChI is InChI=1S/C16H22N2O/c1-5-6-17-14-9-13(10-19-4)18-15-8-11(2)7-12(3)16(14)15/h7-9H,5-6,10H2,1-4H3,(H,17,18). The molecule has 0 saturated carbocycles. The molecule has 0 bridgehead atoms. The van der Waals surface area contributed by atoms with Crippen LogP contribution in [0.25, 0.3) is 10.9 Å². The Balaban J connectivity index is 2.60. The maximum atomic E-state index is 5.21. The number of hydrogen-bond donors (Lipinski definition) is 1. The van der Waals surface area contributed by atoms with Crippen LogP contribution in [0.1, 0.15) is 30.2 Å². The van der Waals surface area contributed by atoms with E-state index in [-0.39, 0.29) is 0 Å². The van der Waals surface area contributed by atoms with Crippen LogP contribution < -0.4 is 5.32 Å². The van der Waals surface area contributed by atoms with Gasteiger partial charge in [0.05, 0.1) is 17.8 Å². The number of pyridine rings is 1. The Morgan fingerprint density at radius 2 is 2.00 bits per heavy atom. The predicted molar refractivity (Wildman–Crippen MR) is 80.7 cm³/mol. The Morgan fingerprint density at radius 1 is 1.21 bits per heavy atom. The molecule has 2 rings (SSSR count). The predicted octanol–water partition coefficient (Wildman–Crippen LogP) is 3.82. The molecule has 0 radical (unpaired) electrons. The quantitative estimate of drug-likeness (QED) is 0.885. The first-order valence-corrected chi connectivity index (χ1v) is 6.79. The van der Waals surface area contributed by atoms with Crippen LogP contribution in [0.3, 0.4) is 0 Å². The molecule has 0 spiro atoms. The molecule has 102 valence electrons. The van der Waals surface area contributed by atoms with Crippen LogP contribution in [0.5, 0.6) is 0 Å². The van der Waals surface area contributed by atoms with Crippen molar-refractivity contribution in [2.45, 2.75) is 33.8 Å². The number of ether oxygens (including phenoxy) is 1. The van der Waals surface area contributed by atoms with Crippen LogP contribution in [0.15, 0.2) is 18.2 Å². The summed E-state index contributed by atoms with van der Waals surface area (Å²) in [7, 11) is 1.70. The number of anilines is 1. The van der Waals surface area contributed by atoms with Gasteiger partial charge in [-0.2, -0.15) is 0 Å². The molecule has 3 heteroatoms. The molecular formula is C16H22N2O. The molecular weight excluding hydrogens is 236 g/mol. The van der Waals surface area contributed by atoms with Gasteiger partial charge in [0.2, 0.25) is 0 Å². The molecule has 1 heterocycles. The summed E-state index contributed by atoms with van der Waals surface area (Å²) < 4.78 is 5.21. The van der Waals surface area contributed by atoms with Gasteiger partial charge in [-0.15, -0.1) is 0 Å². The zero-order valence-electron chi connectivity index (χ0n) is 12.2. The van der Waals surface area contributed by atoms with Crippen molar-refractivity contribution in [3.8, 4) is 0 Å². The van der Waals surface area contributed by atoms with Crippen molar-refractivity contribution in [3.05, 3.63) is 35.0 Å². The van der Waals surface area contributed by atoms with Crippen LogP contribution >= 0.6 is 0 Å². The third kappa shape index (κ3) is 3.04. The Kier molecular flexibility index (Phi) is 4.38. The van der Waals surface area contributed by atoms with E-state index in [1.807, 2.05) is 0 Å². The fraction of sp³-hybridized carbons (Fsp3) is 0.438. The number of aromatic nitrogens is 1. The van der Waals surface area contributed by atoms with Crippen molar-refractivity contribution < 1.29 is 4.74 Å². The van der Waals surface area contributed by atoms with Crippen molar-refractivity contribution >= 4 is 16.6 Å². The van der Waals surface area contributed by atoms with E-state index in [1.165, 1.54) is 16.5 Å². The van der Waals surface area contributed by atoms with Gasteiger partial charge in [-0.1, -0.05) is 13.0 Å². The Bertz CT molecular complexity index is 578. The summed E-state index contributed by atoms with van der Waals surface area (Å²) in [6.07, 6.45) is 1.11. The maximum Gasteiger partial charge on any atom is 0.0885 e. The average molecular weight is 258 g/mol. The second kappa shape index (κ2) is 6.02. The summed E-state index contributed by atoms with van der Waals surface area (Å²) in [4.78, 5) is 4.69. The summed E-state index contributed by atoms with van der Waals surface area (Å²) >= 11 is 0. The minimum absolute atomic E-state index is 0.545. The van der Waals surface area contributed by atoms with Crippen LogP contribution in [0.2, 0.25) is 0 Å². The van der Waals surface area contributed by atoms with Gasteiger partial charge in [-0.05, 0) is 43.5 Å². The van der Waals surface area contributed by atoms with Gasteiger partial charge in [-0.3, -0.25) is 4.98 Å². The smallest absolute Gasteiger partial charge is 0.0885 e. The molecule has 1 aromatic carbocycles. The van der Waals surface area contributed by atoms with Gasteiger partial charge in [0.15, 0.2) is 0 Å². The van der Waals surface area contributed by atoms with Crippen molar-refractivity contribution in [1.29, 1.82) is 0 Å². The number of rotatable bonds is 5. The second-order valence-corrected chi connectivity index (χ2v) is 5.00. The summed E-state index contributed by atoms with van der Waals surface area (Å²) in [5.41, 5.74) is 5.69. The van der Waals surface area contributed by atoms with E-state index in [4.69, 9.17) is 9.72 Å². The normalized spacial score (nSPS) is 10.9. The zero-order valence-corrected chi connectivity index (χ0v) is 12.2. The summed E-state index contributed by atoms with van der Waals surface area (Å²) in [5.74, 6) is 0. The van der Waals surface area contributed by atoms with Crippen LogP contribution in [0.4, 0.5) is 5.69 Å². The summed E-state index contributed by atoms with van der Waals surface area (Å²) in [5, 5.41) is 4.72. The molecule has 3 nitrogen and oxygen atoms in total. The van der Waals surface area contributed by atoms with Gasteiger partial charge >= 0.3 is 0 Å². The molecule has 0 fully saturated rings. The molecule has 2 aromatic rings. The number of hydrogen-bond acceptors (Lipinski definition) is 3. The van der Waals surface area contributed by atoms with Gasteiger partial charge in [0.1, 0.15) is 0 Å². The molecule has 0 unspecified atom stereocenters. The fourth-order valence-corrected chi connectivity index (χ4v) is 2.43. The molecule has 0 aliphatic carbocycles. The van der Waals surface area contributed by atoms with E-state index in [0.717, 1.165) is 29.9 Å². The second-order valence-electron chi connectivity index (χ2n) is 5.00. The molecule has 0 amide bonds. The zero-order chi connectivity index (χ0) is 13.8. The first-order valence-electron chi connectivity index (χ1n) is 6.79. The van der Waals surface area contributed by atoms with Gasteiger partial charge in [0, 0.05) is 24.7 Å². The first kappa shape index (κ1) is 13.8. The molecule has 0 saturated heterocycles. The number of aryl methyl sites for hydroxylation is 2. The third-order valence-corrected chi connectivity index (χ3v) is 3.16. The van der Waals surface area contributed by atoms with E-state index in [1.54, 1.807) is 7.11 Å². The molecule has 0 aliphatic rings. The van der Waals surface area contributed by atoms with Crippen molar-refractivity contribution in [1.82, 2.24) is 4.98 Å². The lowest BCUT2D eigenvalue weighted by molar-refractivity contribution is 0.182. The van der Waals surface area contributed by atoms with E-state index < -0.39 is 0 Å². The molecule has 0 aliphatic heterocycles. The fourth-order valence-electron chi connectivity index (χ4n) is 2.43. The lowest BCUT2D eigenvalue weighted by atomic mass is 10.0. The molecule has 1 N–H and O–H groups in total. The minimum Gasteiger partial charge on any atom is -0.384 e. The van der Waals surface area contributed by atoms with E-state index >= 15 is 0 Å². The number of benzene rings is 1. The monoisotopic (exact) mass is 258 g/mol. The Labute approximate surface area is 115 Å². The minimum atomic E-state index is 0.545. The largest absolute Gasteiger partial charge is 0.384 e. The van der Waals surface area contributed by atoms with Crippen LogP contribution in [-0.2, 0) is 11.3 Å². The molecule has 19 heavy (non-hydrogen) atoms. The van der Waals surface area contributed by atoms with E-state index in [0.29, 0.717) is 6.61 Å². The summed E-state index contributed by atoms with van der Waals surface area (Å²) in [6, 6.07) is 6.44. The van der Waals surface area contributed by atoms with E-state index in [9.17, 15) is 0 Å². The van der Waals surface area contributed by atoms with Crippen LogP contribution in [0, 0.1) is 13.8 Å². The highest BCUT2D eigenvalue weighted by Crippen LogP contribution is 2.28. The van der Waals surface area contributed by atoms with Gasteiger partial charge in [0.25, 0.3) is 0 Å².